The number of nitrogens with zero attached hydrogens (tertiary/aromatic N) is 3. The van der Waals surface area contributed by atoms with Crippen molar-refractivity contribution in [1.82, 2.24) is 0 Å². The monoisotopic (exact) mass is 347 g/mol. The van der Waals surface area contributed by atoms with Gasteiger partial charge in [0.1, 0.15) is 11.4 Å². The van der Waals surface area contributed by atoms with Gasteiger partial charge in [0.05, 0.1) is 12.8 Å². The highest BCUT2D eigenvalue weighted by molar-refractivity contribution is 9.10. The maximum absolute atomic E-state index is 5.14. The van der Waals surface area contributed by atoms with Gasteiger partial charge in [-0.15, -0.1) is 5.11 Å². The molecule has 110 valence electrons. The first-order valence-electron chi connectivity index (χ1n) is 6.57. The number of hydrogen-bond acceptors (Lipinski definition) is 3. The molecule has 0 aromatic heterocycles. The molecule has 0 radical (unpaired) electrons. The van der Waals surface area contributed by atoms with E-state index in [4.69, 9.17) is 4.74 Å². The fourth-order valence-electron chi connectivity index (χ4n) is 2.00. The van der Waals surface area contributed by atoms with Crippen LogP contribution >= 0.6 is 15.9 Å². The number of halogens is 1. The summed E-state index contributed by atoms with van der Waals surface area (Å²) in [7, 11) is 3.51. The standard InChI is InChI=1S/C16H18BrN3O/c1-11-9-12(2)16(15(17)10-11)18-19-20(3)13-5-7-14(21-4)8-6-13/h5-10H,1-4H3. The third kappa shape index (κ3) is 3.82. The quantitative estimate of drug-likeness (QED) is 0.562. The largest absolute Gasteiger partial charge is 0.497 e. The summed E-state index contributed by atoms with van der Waals surface area (Å²) in [5.74, 6) is 0.821. The Labute approximate surface area is 133 Å². The molecule has 2 aromatic carbocycles. The van der Waals surface area contributed by atoms with Crippen LogP contribution < -0.4 is 9.75 Å². The van der Waals surface area contributed by atoms with Crippen LogP contribution in [0.3, 0.4) is 0 Å². The summed E-state index contributed by atoms with van der Waals surface area (Å²) >= 11 is 3.53. The topological polar surface area (TPSA) is 37.2 Å². The van der Waals surface area contributed by atoms with Crippen LogP contribution in [-0.2, 0) is 0 Å². The molecule has 0 N–H and O–H groups in total. The van der Waals surface area contributed by atoms with E-state index in [-0.39, 0.29) is 0 Å². The van der Waals surface area contributed by atoms with E-state index in [0.29, 0.717) is 0 Å². The van der Waals surface area contributed by atoms with Crippen molar-refractivity contribution in [3.8, 4) is 5.75 Å². The average molecular weight is 348 g/mol. The first-order chi connectivity index (χ1) is 10.0. The van der Waals surface area contributed by atoms with Gasteiger partial charge in [0.25, 0.3) is 0 Å². The van der Waals surface area contributed by atoms with Crippen LogP contribution in [0.2, 0.25) is 0 Å². The van der Waals surface area contributed by atoms with Gasteiger partial charge in [-0.25, -0.2) is 5.01 Å². The molecule has 0 aliphatic carbocycles. The molecule has 0 bridgehead atoms. The third-order valence-electron chi connectivity index (χ3n) is 3.12. The van der Waals surface area contributed by atoms with E-state index in [1.54, 1.807) is 12.1 Å². The van der Waals surface area contributed by atoms with Crippen LogP contribution in [0.15, 0.2) is 51.2 Å². The lowest BCUT2D eigenvalue weighted by Crippen LogP contribution is -2.06. The highest BCUT2D eigenvalue weighted by Gasteiger charge is 2.05. The molecule has 0 spiro atoms. The highest BCUT2D eigenvalue weighted by Crippen LogP contribution is 2.31. The molecule has 2 aromatic rings. The second-order valence-corrected chi connectivity index (χ2v) is 5.68. The Bertz CT molecular complexity index is 630. The van der Waals surface area contributed by atoms with Crippen LogP contribution in [0.4, 0.5) is 11.4 Å². The van der Waals surface area contributed by atoms with Crippen molar-refractivity contribution in [1.29, 1.82) is 0 Å². The van der Waals surface area contributed by atoms with Crippen molar-refractivity contribution in [2.75, 3.05) is 19.2 Å². The second kappa shape index (κ2) is 6.72. The minimum absolute atomic E-state index is 0.821. The smallest absolute Gasteiger partial charge is 0.119 e. The number of anilines is 1. The molecule has 2 rings (SSSR count). The molecule has 5 heteroatoms. The van der Waals surface area contributed by atoms with Gasteiger partial charge in [0.2, 0.25) is 0 Å². The van der Waals surface area contributed by atoms with Gasteiger partial charge in [0.15, 0.2) is 0 Å². The van der Waals surface area contributed by atoms with Gasteiger partial charge >= 0.3 is 0 Å². The average Bonchev–Trinajstić information content (AvgIpc) is 2.46. The zero-order valence-electron chi connectivity index (χ0n) is 12.6. The van der Waals surface area contributed by atoms with Crippen LogP contribution in [0.5, 0.6) is 5.75 Å². The molecule has 0 saturated carbocycles. The van der Waals surface area contributed by atoms with Gasteiger partial charge in [0, 0.05) is 11.5 Å². The molecule has 0 amide bonds. The van der Waals surface area contributed by atoms with Crippen molar-refractivity contribution in [3.63, 3.8) is 0 Å². The molecule has 0 aliphatic heterocycles. The summed E-state index contributed by atoms with van der Waals surface area (Å²) < 4.78 is 6.09. The van der Waals surface area contributed by atoms with Gasteiger partial charge in [-0.1, -0.05) is 11.3 Å². The Kier molecular flexibility index (Phi) is 4.96. The van der Waals surface area contributed by atoms with Crippen LogP contribution in [0.25, 0.3) is 0 Å². The van der Waals surface area contributed by atoms with E-state index >= 15 is 0 Å². The number of benzene rings is 2. The van der Waals surface area contributed by atoms with E-state index in [1.807, 2.05) is 44.3 Å². The molecule has 0 atom stereocenters. The number of rotatable bonds is 4. The van der Waals surface area contributed by atoms with Gasteiger partial charge in [-0.05, 0) is 71.2 Å². The number of methoxy groups -OCH3 is 1. The molecule has 21 heavy (non-hydrogen) atoms. The van der Waals surface area contributed by atoms with E-state index < -0.39 is 0 Å². The van der Waals surface area contributed by atoms with E-state index in [2.05, 4.69) is 39.3 Å². The summed E-state index contributed by atoms with van der Waals surface area (Å²) in [6, 6.07) is 11.8. The molecule has 0 fully saturated rings. The summed E-state index contributed by atoms with van der Waals surface area (Å²) in [4.78, 5) is 0. The Morgan fingerprint density at radius 3 is 2.33 bits per heavy atom. The lowest BCUT2D eigenvalue weighted by molar-refractivity contribution is 0.415. The van der Waals surface area contributed by atoms with E-state index in [0.717, 1.165) is 27.2 Å². The van der Waals surface area contributed by atoms with Crippen molar-refractivity contribution in [2.24, 2.45) is 10.3 Å². The SMILES string of the molecule is COc1ccc(N(C)N=Nc2c(C)cc(C)cc2Br)cc1. The van der Waals surface area contributed by atoms with Crippen molar-refractivity contribution in [3.05, 3.63) is 52.0 Å². The van der Waals surface area contributed by atoms with Crippen molar-refractivity contribution >= 4 is 27.3 Å². The maximum Gasteiger partial charge on any atom is 0.119 e. The van der Waals surface area contributed by atoms with E-state index in [1.165, 1.54) is 5.56 Å². The number of hydrogen-bond donors (Lipinski definition) is 0. The van der Waals surface area contributed by atoms with Crippen LogP contribution in [0.1, 0.15) is 11.1 Å². The first kappa shape index (κ1) is 15.5. The maximum atomic E-state index is 5.14. The lowest BCUT2D eigenvalue weighted by Gasteiger charge is -2.12. The summed E-state index contributed by atoms with van der Waals surface area (Å²) in [5.41, 5.74) is 4.08. The van der Waals surface area contributed by atoms with Gasteiger partial charge in [-0.2, -0.15) is 0 Å². The fraction of sp³-hybridized carbons (Fsp3) is 0.250. The molecule has 4 nitrogen and oxygen atoms in total. The lowest BCUT2D eigenvalue weighted by atomic mass is 10.1. The normalized spacial score (nSPS) is 10.9. The molecule has 0 aliphatic rings. The minimum Gasteiger partial charge on any atom is -0.497 e. The summed E-state index contributed by atoms with van der Waals surface area (Å²) in [6.07, 6.45) is 0. The minimum atomic E-state index is 0.821. The predicted molar refractivity (Wildman–Crippen MR) is 89.5 cm³/mol. The molecule has 0 unspecified atom stereocenters. The predicted octanol–water partition coefficient (Wildman–Crippen LogP) is 5.21. The van der Waals surface area contributed by atoms with Gasteiger partial charge < -0.3 is 4.74 Å². The Hall–Kier alpha value is -1.88. The van der Waals surface area contributed by atoms with Gasteiger partial charge in [-0.3, -0.25) is 0 Å². The Morgan fingerprint density at radius 2 is 1.76 bits per heavy atom. The Morgan fingerprint density at radius 1 is 1.10 bits per heavy atom. The fourth-order valence-corrected chi connectivity index (χ4v) is 2.75. The zero-order chi connectivity index (χ0) is 15.4. The molecule has 0 heterocycles. The number of aryl methyl sites for hydroxylation is 2. The summed E-state index contributed by atoms with van der Waals surface area (Å²) in [6.45, 7) is 4.08. The van der Waals surface area contributed by atoms with Crippen molar-refractivity contribution in [2.45, 2.75) is 13.8 Å². The number of ether oxygens (including phenoxy) is 1. The first-order valence-corrected chi connectivity index (χ1v) is 7.36. The third-order valence-corrected chi connectivity index (χ3v) is 3.73. The highest BCUT2D eigenvalue weighted by atomic mass is 79.9. The van der Waals surface area contributed by atoms with Crippen LogP contribution in [-0.4, -0.2) is 14.2 Å². The molecular formula is C16H18BrN3O. The zero-order valence-corrected chi connectivity index (χ0v) is 14.2. The summed E-state index contributed by atoms with van der Waals surface area (Å²) in [5, 5.41) is 10.3. The second-order valence-electron chi connectivity index (χ2n) is 4.82. The van der Waals surface area contributed by atoms with Crippen LogP contribution in [0, 0.1) is 13.8 Å². The van der Waals surface area contributed by atoms with Crippen molar-refractivity contribution < 1.29 is 4.74 Å². The van der Waals surface area contributed by atoms with E-state index in [9.17, 15) is 0 Å². The Balaban J connectivity index is 2.20. The molecular weight excluding hydrogens is 330 g/mol. The molecule has 0 saturated heterocycles.